The van der Waals surface area contributed by atoms with Gasteiger partial charge in [0, 0.05) is 37.5 Å². The summed E-state index contributed by atoms with van der Waals surface area (Å²) >= 11 is 0. The number of benzene rings is 1. The number of amides is 2. The summed E-state index contributed by atoms with van der Waals surface area (Å²) in [7, 11) is 0. The molecule has 2 aromatic rings. The summed E-state index contributed by atoms with van der Waals surface area (Å²) in [5.41, 5.74) is 4.88. The van der Waals surface area contributed by atoms with Crippen LogP contribution in [0.15, 0.2) is 18.2 Å². The number of carbonyl (C=O) groups is 2. The second kappa shape index (κ2) is 8.22. The van der Waals surface area contributed by atoms with Gasteiger partial charge in [-0.05, 0) is 52.2 Å². The minimum Gasteiger partial charge on any atom is -0.376 e. The van der Waals surface area contributed by atoms with Gasteiger partial charge in [0.2, 0.25) is 0 Å². The summed E-state index contributed by atoms with van der Waals surface area (Å²) in [6, 6.07) is 5.33. The van der Waals surface area contributed by atoms with Crippen molar-refractivity contribution in [2.45, 2.75) is 65.8 Å². The third-order valence-electron chi connectivity index (χ3n) is 6.22. The van der Waals surface area contributed by atoms with Crippen molar-refractivity contribution >= 4 is 11.8 Å². The molecule has 2 atom stereocenters. The van der Waals surface area contributed by atoms with Crippen LogP contribution in [-0.2, 0) is 17.8 Å². The Hall–Kier alpha value is -2.67. The monoisotopic (exact) mass is 410 g/mol. The molecule has 4 rings (SSSR count). The maximum Gasteiger partial charge on any atom is 0.255 e. The number of rotatable bonds is 6. The van der Waals surface area contributed by atoms with Crippen LogP contribution in [-0.4, -0.2) is 45.8 Å². The molecule has 0 saturated carbocycles. The zero-order valence-electron chi connectivity index (χ0n) is 18.2. The Morgan fingerprint density at radius 3 is 2.83 bits per heavy atom. The number of hydrogen-bond donors (Lipinski definition) is 1. The predicted molar refractivity (Wildman–Crippen MR) is 113 cm³/mol. The van der Waals surface area contributed by atoms with Crippen LogP contribution in [0.1, 0.15) is 76.0 Å². The molecule has 1 N–H and O–H groups in total. The van der Waals surface area contributed by atoms with E-state index in [-0.39, 0.29) is 24.0 Å². The lowest BCUT2D eigenvalue weighted by Gasteiger charge is -2.20. The average molecular weight is 411 g/mol. The summed E-state index contributed by atoms with van der Waals surface area (Å²) in [5.74, 6) is -0.306. The van der Waals surface area contributed by atoms with Crippen LogP contribution in [0, 0.1) is 13.8 Å². The van der Waals surface area contributed by atoms with Crippen LogP contribution in [0.3, 0.4) is 0 Å². The fraction of sp³-hybridized carbons (Fsp3) is 0.522. The third kappa shape index (κ3) is 3.62. The number of aromatic nitrogens is 2. The van der Waals surface area contributed by atoms with Crippen LogP contribution in [0.25, 0.3) is 0 Å². The number of nitrogens with one attached hydrogen (secondary N) is 1. The van der Waals surface area contributed by atoms with Crippen molar-refractivity contribution < 1.29 is 14.3 Å². The average Bonchev–Trinajstić information content (AvgIpc) is 3.41. The number of ether oxygens (including phenoxy) is 1. The molecule has 0 bridgehead atoms. The quantitative estimate of drug-likeness (QED) is 0.794. The van der Waals surface area contributed by atoms with Crippen molar-refractivity contribution in [1.82, 2.24) is 20.0 Å². The number of carbonyl (C=O) groups excluding carboxylic acids is 2. The van der Waals surface area contributed by atoms with Gasteiger partial charge in [-0.15, -0.1) is 0 Å². The Bertz CT molecular complexity index is 975. The van der Waals surface area contributed by atoms with Gasteiger partial charge in [-0.2, -0.15) is 5.10 Å². The van der Waals surface area contributed by atoms with Gasteiger partial charge in [-0.25, -0.2) is 0 Å². The van der Waals surface area contributed by atoms with E-state index in [1.54, 1.807) is 11.0 Å². The normalized spacial score (nSPS) is 19.3. The van der Waals surface area contributed by atoms with Gasteiger partial charge in [-0.1, -0.05) is 12.1 Å². The molecule has 1 saturated heterocycles. The predicted octanol–water partition coefficient (Wildman–Crippen LogP) is 3.15. The van der Waals surface area contributed by atoms with Gasteiger partial charge >= 0.3 is 0 Å². The molecular formula is C23H30N4O3. The maximum absolute atomic E-state index is 13.2. The molecule has 0 unspecified atom stereocenters. The van der Waals surface area contributed by atoms with Crippen molar-refractivity contribution in [2.75, 3.05) is 13.2 Å². The largest absolute Gasteiger partial charge is 0.376 e. The first-order valence-electron chi connectivity index (χ1n) is 10.8. The number of aryl methyl sites for hydroxylation is 2. The first-order valence-corrected chi connectivity index (χ1v) is 10.8. The Morgan fingerprint density at radius 2 is 2.17 bits per heavy atom. The number of fused-ring (bicyclic) bond motifs is 1. The van der Waals surface area contributed by atoms with Crippen molar-refractivity contribution in [3.05, 3.63) is 51.8 Å². The van der Waals surface area contributed by atoms with Gasteiger partial charge in [0.25, 0.3) is 11.8 Å². The number of hydrogen-bond acceptors (Lipinski definition) is 4. The number of nitrogens with zero attached hydrogens (tertiary/aromatic N) is 3. The molecule has 7 heteroatoms. The van der Waals surface area contributed by atoms with Gasteiger partial charge in [-0.3, -0.25) is 14.3 Å². The molecule has 7 nitrogen and oxygen atoms in total. The minimum atomic E-state index is -0.227. The molecule has 2 aliphatic heterocycles. The molecule has 2 aliphatic rings. The molecular weight excluding hydrogens is 380 g/mol. The van der Waals surface area contributed by atoms with Crippen molar-refractivity contribution in [3.63, 3.8) is 0 Å². The van der Waals surface area contributed by atoms with Crippen molar-refractivity contribution in [3.8, 4) is 0 Å². The lowest BCUT2D eigenvalue weighted by molar-refractivity contribution is 0.0544. The molecule has 160 valence electrons. The Kier molecular flexibility index (Phi) is 5.64. The van der Waals surface area contributed by atoms with E-state index in [0.717, 1.165) is 48.5 Å². The fourth-order valence-electron chi connectivity index (χ4n) is 4.78. The first kappa shape index (κ1) is 20.6. The maximum atomic E-state index is 13.2. The fourth-order valence-corrected chi connectivity index (χ4v) is 4.78. The molecule has 0 aliphatic carbocycles. The lowest BCUT2D eigenvalue weighted by atomic mass is 10.0. The van der Waals surface area contributed by atoms with E-state index in [1.165, 1.54) is 0 Å². The van der Waals surface area contributed by atoms with E-state index in [4.69, 9.17) is 4.74 Å². The van der Waals surface area contributed by atoms with E-state index in [1.807, 2.05) is 44.5 Å². The SMILES string of the molecule is CCn1nc(C)c([C@@H](C)NC(=O)c2cccc3c2C(=O)N(C[C@@H]2CCCO2)C3)c1C. The van der Waals surface area contributed by atoms with Gasteiger partial charge in [0.1, 0.15) is 0 Å². The Balaban J connectivity index is 1.53. The van der Waals surface area contributed by atoms with Gasteiger partial charge in [0.05, 0.1) is 29.0 Å². The molecule has 1 aromatic carbocycles. The van der Waals surface area contributed by atoms with Crippen LogP contribution in [0.5, 0.6) is 0 Å². The van der Waals surface area contributed by atoms with Crippen LogP contribution in [0.4, 0.5) is 0 Å². The van der Waals surface area contributed by atoms with Gasteiger partial charge < -0.3 is 15.0 Å². The van der Waals surface area contributed by atoms with Crippen molar-refractivity contribution in [2.24, 2.45) is 0 Å². The Labute approximate surface area is 177 Å². The van der Waals surface area contributed by atoms with Crippen LogP contribution >= 0.6 is 0 Å². The second-order valence-corrected chi connectivity index (χ2v) is 8.26. The summed E-state index contributed by atoms with van der Waals surface area (Å²) in [6.07, 6.45) is 2.12. The lowest BCUT2D eigenvalue weighted by Crippen LogP contribution is -2.33. The summed E-state index contributed by atoms with van der Waals surface area (Å²) in [5, 5.41) is 7.63. The van der Waals surface area contributed by atoms with E-state index >= 15 is 0 Å². The Morgan fingerprint density at radius 1 is 1.37 bits per heavy atom. The third-order valence-corrected chi connectivity index (χ3v) is 6.22. The highest BCUT2D eigenvalue weighted by atomic mass is 16.5. The van der Waals surface area contributed by atoms with E-state index < -0.39 is 0 Å². The molecule has 1 fully saturated rings. The topological polar surface area (TPSA) is 76.5 Å². The van der Waals surface area contributed by atoms with E-state index in [9.17, 15) is 9.59 Å². The molecule has 1 aromatic heterocycles. The molecule has 0 radical (unpaired) electrons. The first-order chi connectivity index (χ1) is 14.4. The standard InChI is InChI=1S/C23H30N4O3/c1-5-27-16(4)20(15(3)25-27)14(2)24-22(28)19-10-6-8-17-12-26(23(29)21(17)19)13-18-9-7-11-30-18/h6,8,10,14,18H,5,7,9,11-13H2,1-4H3,(H,24,28)/t14-,18+/m1/s1. The van der Waals surface area contributed by atoms with Gasteiger partial charge in [0.15, 0.2) is 0 Å². The van der Waals surface area contributed by atoms with E-state index in [2.05, 4.69) is 10.4 Å². The molecule has 0 spiro atoms. The zero-order chi connectivity index (χ0) is 21.4. The highest BCUT2D eigenvalue weighted by Crippen LogP contribution is 2.29. The molecule has 2 amide bonds. The molecule has 30 heavy (non-hydrogen) atoms. The van der Waals surface area contributed by atoms with Crippen molar-refractivity contribution in [1.29, 1.82) is 0 Å². The smallest absolute Gasteiger partial charge is 0.255 e. The molecule has 3 heterocycles. The summed E-state index contributed by atoms with van der Waals surface area (Å²) < 4.78 is 7.64. The van der Waals surface area contributed by atoms with Crippen LogP contribution < -0.4 is 5.32 Å². The highest BCUT2D eigenvalue weighted by molar-refractivity contribution is 6.09. The van der Waals surface area contributed by atoms with Crippen LogP contribution in [0.2, 0.25) is 0 Å². The summed E-state index contributed by atoms with van der Waals surface area (Å²) in [4.78, 5) is 28.0. The second-order valence-electron chi connectivity index (χ2n) is 8.26. The highest BCUT2D eigenvalue weighted by Gasteiger charge is 2.34. The van der Waals surface area contributed by atoms with E-state index in [0.29, 0.717) is 24.2 Å². The summed E-state index contributed by atoms with van der Waals surface area (Å²) in [6.45, 7) is 10.7. The minimum absolute atomic E-state index is 0.0786. The zero-order valence-corrected chi connectivity index (χ0v) is 18.2.